The molecule has 0 aliphatic carbocycles. The second-order valence-corrected chi connectivity index (χ2v) is 6.27. The number of amides is 1. The van der Waals surface area contributed by atoms with Crippen LogP contribution >= 0.6 is 11.3 Å². The van der Waals surface area contributed by atoms with Crippen molar-refractivity contribution in [2.45, 2.75) is 6.92 Å². The van der Waals surface area contributed by atoms with Gasteiger partial charge in [0.05, 0.1) is 17.4 Å². The number of nitrogens with one attached hydrogen (secondary N) is 1. The molecule has 3 aromatic heterocycles. The van der Waals surface area contributed by atoms with E-state index < -0.39 is 0 Å². The Kier molecular flexibility index (Phi) is 3.91. The van der Waals surface area contributed by atoms with Crippen LogP contribution in [-0.2, 0) is 0 Å². The Morgan fingerprint density at radius 3 is 2.88 bits per heavy atom. The summed E-state index contributed by atoms with van der Waals surface area (Å²) in [6, 6.07) is 7.62. The highest BCUT2D eigenvalue weighted by molar-refractivity contribution is 7.13. The quantitative estimate of drug-likeness (QED) is 0.611. The number of anilines is 1. The molecule has 25 heavy (non-hydrogen) atoms. The molecule has 1 amide bonds. The van der Waals surface area contributed by atoms with Gasteiger partial charge in [-0.15, -0.1) is 11.3 Å². The van der Waals surface area contributed by atoms with Crippen LogP contribution in [0.1, 0.15) is 16.1 Å². The molecular formula is C18H13N5OS. The molecule has 0 aliphatic rings. The first-order valence-electron chi connectivity index (χ1n) is 7.60. The lowest BCUT2D eigenvalue weighted by atomic mass is 10.1. The fraction of sp³-hybridized carbons (Fsp3) is 0.0556. The monoisotopic (exact) mass is 347 g/mol. The molecule has 122 valence electrons. The molecule has 1 aromatic carbocycles. The predicted molar refractivity (Wildman–Crippen MR) is 97.6 cm³/mol. The third-order valence-electron chi connectivity index (χ3n) is 3.74. The smallest absolute Gasteiger partial charge is 0.275 e. The van der Waals surface area contributed by atoms with Gasteiger partial charge in [-0.1, -0.05) is 6.07 Å². The topological polar surface area (TPSA) is 80.7 Å². The number of hydrogen-bond acceptors (Lipinski definition) is 6. The van der Waals surface area contributed by atoms with Crippen molar-refractivity contribution in [3.8, 4) is 10.7 Å². The number of hydrogen-bond donors (Lipinski definition) is 1. The number of aryl methyl sites for hydroxylation is 1. The summed E-state index contributed by atoms with van der Waals surface area (Å²) >= 11 is 1.36. The highest BCUT2D eigenvalue weighted by Crippen LogP contribution is 2.26. The van der Waals surface area contributed by atoms with Crippen molar-refractivity contribution in [3.05, 3.63) is 65.7 Å². The summed E-state index contributed by atoms with van der Waals surface area (Å²) in [5.41, 5.74) is 3.65. The minimum Gasteiger partial charge on any atom is -0.320 e. The second-order valence-electron chi connectivity index (χ2n) is 5.41. The van der Waals surface area contributed by atoms with Gasteiger partial charge >= 0.3 is 0 Å². The highest BCUT2D eigenvalue weighted by atomic mass is 32.1. The molecule has 1 N–H and O–H groups in total. The van der Waals surface area contributed by atoms with Crippen molar-refractivity contribution in [3.63, 3.8) is 0 Å². The molecular weight excluding hydrogens is 334 g/mol. The second kappa shape index (κ2) is 6.37. The molecule has 6 nitrogen and oxygen atoms in total. The predicted octanol–water partition coefficient (Wildman–Crippen LogP) is 3.71. The first kappa shape index (κ1) is 15.3. The molecule has 0 saturated heterocycles. The van der Waals surface area contributed by atoms with Gasteiger partial charge in [-0.3, -0.25) is 19.7 Å². The molecule has 7 heteroatoms. The van der Waals surface area contributed by atoms with E-state index >= 15 is 0 Å². The maximum absolute atomic E-state index is 12.6. The third-order valence-corrected chi connectivity index (χ3v) is 4.60. The molecule has 0 spiro atoms. The average molecular weight is 347 g/mol. The van der Waals surface area contributed by atoms with E-state index in [-0.39, 0.29) is 5.91 Å². The fourth-order valence-corrected chi connectivity index (χ4v) is 3.27. The molecule has 4 rings (SSSR count). The number of rotatable bonds is 3. The maximum atomic E-state index is 12.6. The summed E-state index contributed by atoms with van der Waals surface area (Å²) in [6.07, 6.45) is 6.57. The van der Waals surface area contributed by atoms with Crippen molar-refractivity contribution in [2.24, 2.45) is 0 Å². The van der Waals surface area contributed by atoms with Crippen LogP contribution in [0.25, 0.3) is 21.6 Å². The zero-order valence-corrected chi connectivity index (χ0v) is 14.1. The summed E-state index contributed by atoms with van der Waals surface area (Å²) in [5.74, 6) is -0.264. The van der Waals surface area contributed by atoms with E-state index in [2.05, 4.69) is 25.3 Å². The number of fused-ring (bicyclic) bond motifs is 1. The molecule has 0 unspecified atom stereocenters. The van der Waals surface area contributed by atoms with Crippen molar-refractivity contribution in [2.75, 3.05) is 5.32 Å². The van der Waals surface area contributed by atoms with E-state index in [9.17, 15) is 4.79 Å². The maximum Gasteiger partial charge on any atom is 0.275 e. The number of aromatic nitrogens is 4. The van der Waals surface area contributed by atoms with E-state index in [1.165, 1.54) is 11.3 Å². The van der Waals surface area contributed by atoms with Gasteiger partial charge in [0.15, 0.2) is 0 Å². The van der Waals surface area contributed by atoms with Crippen LogP contribution in [0.3, 0.4) is 0 Å². The largest absolute Gasteiger partial charge is 0.320 e. The third kappa shape index (κ3) is 2.97. The fourth-order valence-electron chi connectivity index (χ4n) is 2.51. The number of pyridine rings is 1. The molecule has 0 aliphatic heterocycles. The van der Waals surface area contributed by atoms with E-state index in [0.29, 0.717) is 22.1 Å². The van der Waals surface area contributed by atoms with Crippen LogP contribution in [0.15, 0.2) is 54.4 Å². The van der Waals surface area contributed by atoms with Crippen LogP contribution in [0.2, 0.25) is 0 Å². The van der Waals surface area contributed by atoms with Crippen molar-refractivity contribution in [1.29, 1.82) is 0 Å². The number of nitrogens with zero attached hydrogens (tertiary/aromatic N) is 4. The zero-order chi connectivity index (χ0) is 17.2. The Balaban J connectivity index is 1.63. The lowest BCUT2D eigenvalue weighted by molar-refractivity contribution is 0.102. The van der Waals surface area contributed by atoms with Gasteiger partial charge in [0.25, 0.3) is 5.91 Å². The molecule has 0 bridgehead atoms. The molecule has 0 saturated carbocycles. The Morgan fingerprint density at radius 2 is 2.04 bits per heavy atom. The van der Waals surface area contributed by atoms with E-state index in [1.807, 2.05) is 31.2 Å². The Labute approximate surface area is 147 Å². The van der Waals surface area contributed by atoms with Gasteiger partial charge in [0.1, 0.15) is 16.4 Å². The van der Waals surface area contributed by atoms with E-state index in [4.69, 9.17) is 0 Å². The van der Waals surface area contributed by atoms with Crippen LogP contribution in [-0.4, -0.2) is 25.8 Å². The summed E-state index contributed by atoms with van der Waals surface area (Å²) < 4.78 is 0. The minimum absolute atomic E-state index is 0.264. The van der Waals surface area contributed by atoms with Gasteiger partial charge in [-0.05, 0) is 30.7 Å². The van der Waals surface area contributed by atoms with Crippen molar-refractivity contribution >= 4 is 33.8 Å². The number of carbonyl (C=O) groups excluding carboxylic acids is 1. The average Bonchev–Trinajstić information content (AvgIpc) is 3.15. The number of thiazole rings is 1. The van der Waals surface area contributed by atoms with E-state index in [0.717, 1.165) is 16.5 Å². The first-order chi connectivity index (χ1) is 12.2. The van der Waals surface area contributed by atoms with Crippen molar-refractivity contribution in [1.82, 2.24) is 19.9 Å². The van der Waals surface area contributed by atoms with Gasteiger partial charge in [0, 0.05) is 29.4 Å². The summed E-state index contributed by atoms with van der Waals surface area (Å²) in [6.45, 7) is 1.99. The summed E-state index contributed by atoms with van der Waals surface area (Å²) in [5, 5.41) is 6.20. The number of benzene rings is 1. The lowest BCUT2D eigenvalue weighted by Gasteiger charge is -2.09. The first-order valence-corrected chi connectivity index (χ1v) is 8.48. The molecule has 0 atom stereocenters. The van der Waals surface area contributed by atoms with Crippen LogP contribution < -0.4 is 5.32 Å². The van der Waals surface area contributed by atoms with Gasteiger partial charge < -0.3 is 5.32 Å². The van der Waals surface area contributed by atoms with Gasteiger partial charge in [-0.2, -0.15) is 0 Å². The lowest BCUT2D eigenvalue weighted by Crippen LogP contribution is -2.12. The zero-order valence-electron chi connectivity index (χ0n) is 13.3. The Hall–Kier alpha value is -3.19. The van der Waals surface area contributed by atoms with Crippen LogP contribution in [0, 0.1) is 6.92 Å². The minimum atomic E-state index is -0.264. The van der Waals surface area contributed by atoms with Gasteiger partial charge in [-0.25, -0.2) is 4.98 Å². The molecule has 0 radical (unpaired) electrons. The van der Waals surface area contributed by atoms with Crippen LogP contribution in [0.4, 0.5) is 5.69 Å². The van der Waals surface area contributed by atoms with Gasteiger partial charge in [0.2, 0.25) is 0 Å². The van der Waals surface area contributed by atoms with E-state index in [1.54, 1.807) is 30.2 Å². The SMILES string of the molecule is Cc1ccc(NC(=O)c2csc(-c3cnccn3)n2)c2cccnc12. The van der Waals surface area contributed by atoms with Crippen LogP contribution in [0.5, 0.6) is 0 Å². The number of carbonyl (C=O) groups is 1. The highest BCUT2D eigenvalue weighted by Gasteiger charge is 2.14. The standard InChI is InChI=1S/C18H13N5OS/c1-11-4-5-13(12-3-2-6-21-16(11)12)22-17(24)15-10-25-18(23-15)14-9-19-7-8-20-14/h2-10H,1H3,(H,22,24). The van der Waals surface area contributed by atoms with Crippen molar-refractivity contribution < 1.29 is 4.79 Å². The molecule has 0 fully saturated rings. The molecule has 3 heterocycles. The Bertz CT molecular complexity index is 1060. The normalized spacial score (nSPS) is 10.8. The summed E-state index contributed by atoms with van der Waals surface area (Å²) in [4.78, 5) is 29.5. The Morgan fingerprint density at radius 1 is 1.12 bits per heavy atom. The molecule has 4 aromatic rings. The summed E-state index contributed by atoms with van der Waals surface area (Å²) in [7, 11) is 0.